The Morgan fingerprint density at radius 1 is 1.47 bits per heavy atom. The van der Waals surface area contributed by atoms with Crippen LogP contribution in [0.5, 0.6) is 0 Å². The number of aromatic nitrogens is 2. The van der Waals surface area contributed by atoms with Crippen molar-refractivity contribution in [1.82, 2.24) is 10.2 Å². The number of amides is 1. The van der Waals surface area contributed by atoms with E-state index in [1.165, 1.54) is 11.8 Å². The lowest BCUT2D eigenvalue weighted by molar-refractivity contribution is -0.113. The quantitative estimate of drug-likeness (QED) is 0.807. The second kappa shape index (κ2) is 6.69. The monoisotopic (exact) mass is 342 g/mol. The third-order valence-corrected chi connectivity index (χ3v) is 3.37. The Morgan fingerprint density at radius 3 is 3.00 bits per heavy atom. The third-order valence-electron chi connectivity index (χ3n) is 2.06. The van der Waals surface area contributed by atoms with Crippen molar-refractivity contribution in [3.63, 3.8) is 0 Å². The summed E-state index contributed by atoms with van der Waals surface area (Å²) in [6.07, 6.45) is 0. The van der Waals surface area contributed by atoms with Gasteiger partial charge in [-0.15, -0.1) is 10.2 Å². The smallest absolute Gasteiger partial charge is 0.277 e. The predicted octanol–water partition coefficient (Wildman–Crippen LogP) is 2.02. The average Bonchev–Trinajstić information content (AvgIpc) is 2.84. The van der Waals surface area contributed by atoms with Crippen molar-refractivity contribution in [3.8, 4) is 0 Å². The highest BCUT2D eigenvalue weighted by Gasteiger charge is 2.09. The van der Waals surface area contributed by atoms with Gasteiger partial charge in [0, 0.05) is 10.2 Å². The predicted molar refractivity (Wildman–Crippen MR) is 75.7 cm³/mol. The minimum Gasteiger partial charge on any atom is -0.415 e. The molecule has 0 aliphatic rings. The lowest BCUT2D eigenvalue weighted by Gasteiger charge is -2.03. The van der Waals surface area contributed by atoms with Crippen LogP contribution in [0.25, 0.3) is 0 Å². The number of carbonyl (C=O) groups excluding carboxylic acids is 1. The minimum absolute atomic E-state index is 0.143. The van der Waals surface area contributed by atoms with Gasteiger partial charge in [-0.05, 0) is 18.2 Å². The van der Waals surface area contributed by atoms with Crippen molar-refractivity contribution >= 4 is 39.3 Å². The Kier molecular flexibility index (Phi) is 4.94. The van der Waals surface area contributed by atoms with E-state index in [-0.39, 0.29) is 18.2 Å². The molecule has 0 spiro atoms. The van der Waals surface area contributed by atoms with Crippen molar-refractivity contribution < 1.29 is 9.21 Å². The van der Waals surface area contributed by atoms with Crippen LogP contribution < -0.4 is 11.1 Å². The van der Waals surface area contributed by atoms with Crippen molar-refractivity contribution in [2.75, 3.05) is 11.1 Å². The Bertz CT molecular complexity index is 575. The van der Waals surface area contributed by atoms with Crippen molar-refractivity contribution in [1.29, 1.82) is 0 Å². The fraction of sp³-hybridized carbons (Fsp3) is 0.182. The zero-order valence-electron chi connectivity index (χ0n) is 9.80. The van der Waals surface area contributed by atoms with E-state index in [1.54, 1.807) is 0 Å². The standard InChI is InChI=1S/C11H11BrN4O2S/c12-7-2-1-3-8(4-7)14-9(17)6-19-11-16-15-10(5-13)18-11/h1-4H,5-6,13H2,(H,14,17). The molecule has 0 radical (unpaired) electrons. The first-order chi connectivity index (χ1) is 9.17. The van der Waals surface area contributed by atoms with Crippen molar-refractivity contribution in [3.05, 3.63) is 34.6 Å². The van der Waals surface area contributed by atoms with Gasteiger partial charge in [0.15, 0.2) is 0 Å². The number of hydrogen-bond acceptors (Lipinski definition) is 6. The Labute approximate surface area is 122 Å². The van der Waals surface area contributed by atoms with Crippen LogP contribution in [-0.2, 0) is 11.3 Å². The molecule has 2 rings (SSSR count). The van der Waals surface area contributed by atoms with Crippen LogP contribution in [0.1, 0.15) is 5.89 Å². The molecule has 19 heavy (non-hydrogen) atoms. The van der Waals surface area contributed by atoms with Crippen LogP contribution in [0, 0.1) is 0 Å². The molecule has 0 bridgehead atoms. The van der Waals surface area contributed by atoms with Crippen molar-refractivity contribution in [2.45, 2.75) is 11.8 Å². The molecule has 100 valence electrons. The van der Waals surface area contributed by atoms with Gasteiger partial charge in [0.05, 0.1) is 12.3 Å². The molecule has 2 aromatic rings. The molecule has 1 aromatic heterocycles. The zero-order valence-corrected chi connectivity index (χ0v) is 12.2. The molecule has 3 N–H and O–H groups in total. The first-order valence-corrected chi connectivity index (χ1v) is 7.16. The molecule has 8 heteroatoms. The minimum atomic E-state index is -0.143. The van der Waals surface area contributed by atoms with Gasteiger partial charge in [-0.2, -0.15) is 0 Å². The molecular formula is C11H11BrN4O2S. The number of nitrogens with one attached hydrogen (secondary N) is 1. The fourth-order valence-corrected chi connectivity index (χ4v) is 2.25. The maximum absolute atomic E-state index is 11.7. The molecule has 0 saturated heterocycles. The molecule has 0 fully saturated rings. The summed E-state index contributed by atoms with van der Waals surface area (Å²) in [5.74, 6) is 0.407. The maximum Gasteiger partial charge on any atom is 0.277 e. The summed E-state index contributed by atoms with van der Waals surface area (Å²) in [7, 11) is 0. The van der Waals surface area contributed by atoms with E-state index < -0.39 is 0 Å². The van der Waals surface area contributed by atoms with Gasteiger partial charge >= 0.3 is 0 Å². The number of anilines is 1. The Balaban J connectivity index is 1.84. The van der Waals surface area contributed by atoms with E-state index in [1.807, 2.05) is 24.3 Å². The molecule has 6 nitrogen and oxygen atoms in total. The van der Waals surface area contributed by atoms with Gasteiger partial charge < -0.3 is 15.5 Å². The number of carbonyl (C=O) groups is 1. The summed E-state index contributed by atoms with van der Waals surface area (Å²) < 4.78 is 6.09. The van der Waals surface area contributed by atoms with Gasteiger partial charge in [-0.3, -0.25) is 4.79 Å². The second-order valence-corrected chi connectivity index (χ2v) is 5.36. The lowest BCUT2D eigenvalue weighted by Crippen LogP contribution is -2.13. The normalized spacial score (nSPS) is 10.4. The van der Waals surface area contributed by atoms with E-state index in [0.717, 1.165) is 10.2 Å². The van der Waals surface area contributed by atoms with Gasteiger partial charge in [0.2, 0.25) is 11.8 Å². The number of halogens is 1. The molecular weight excluding hydrogens is 332 g/mol. The second-order valence-electron chi connectivity index (χ2n) is 3.51. The Morgan fingerprint density at radius 2 is 2.32 bits per heavy atom. The van der Waals surface area contributed by atoms with Crippen LogP contribution >= 0.6 is 27.7 Å². The zero-order chi connectivity index (χ0) is 13.7. The molecule has 1 aromatic carbocycles. The average molecular weight is 343 g/mol. The summed E-state index contributed by atoms with van der Waals surface area (Å²) in [5, 5.41) is 10.6. The van der Waals surface area contributed by atoms with E-state index in [0.29, 0.717) is 11.1 Å². The Hall–Kier alpha value is -1.38. The summed E-state index contributed by atoms with van der Waals surface area (Å²) in [5.41, 5.74) is 6.08. The van der Waals surface area contributed by atoms with E-state index in [4.69, 9.17) is 10.2 Å². The van der Waals surface area contributed by atoms with E-state index >= 15 is 0 Å². The number of nitrogens with two attached hydrogens (primary N) is 1. The molecule has 0 aliphatic carbocycles. The topological polar surface area (TPSA) is 94.0 Å². The number of rotatable bonds is 5. The summed E-state index contributed by atoms with van der Waals surface area (Å²) in [4.78, 5) is 11.7. The fourth-order valence-electron chi connectivity index (χ4n) is 1.27. The number of hydrogen-bond donors (Lipinski definition) is 2. The van der Waals surface area contributed by atoms with Crippen LogP contribution in [0.3, 0.4) is 0 Å². The lowest BCUT2D eigenvalue weighted by atomic mass is 10.3. The molecule has 0 unspecified atom stereocenters. The first-order valence-electron chi connectivity index (χ1n) is 5.38. The summed E-state index contributed by atoms with van der Waals surface area (Å²) >= 11 is 4.51. The summed E-state index contributed by atoms with van der Waals surface area (Å²) in [6, 6.07) is 7.36. The summed E-state index contributed by atoms with van der Waals surface area (Å²) in [6.45, 7) is 0.192. The van der Waals surface area contributed by atoms with Crippen LogP contribution in [0.4, 0.5) is 5.69 Å². The van der Waals surface area contributed by atoms with Gasteiger partial charge in [-0.1, -0.05) is 33.8 Å². The van der Waals surface area contributed by atoms with Gasteiger partial charge in [0.25, 0.3) is 5.22 Å². The highest BCUT2D eigenvalue weighted by Crippen LogP contribution is 2.18. The van der Waals surface area contributed by atoms with Crippen LogP contribution in [0.15, 0.2) is 38.4 Å². The number of thioether (sulfide) groups is 1. The molecule has 1 heterocycles. The van der Waals surface area contributed by atoms with E-state index in [2.05, 4.69) is 31.4 Å². The number of benzene rings is 1. The highest BCUT2D eigenvalue weighted by molar-refractivity contribution is 9.10. The van der Waals surface area contributed by atoms with Crippen LogP contribution in [-0.4, -0.2) is 21.9 Å². The molecule has 0 saturated carbocycles. The van der Waals surface area contributed by atoms with Gasteiger partial charge in [0.1, 0.15) is 0 Å². The molecule has 0 aliphatic heterocycles. The molecule has 0 atom stereocenters. The SMILES string of the molecule is NCc1nnc(SCC(=O)Nc2cccc(Br)c2)o1. The largest absolute Gasteiger partial charge is 0.415 e. The maximum atomic E-state index is 11.7. The van der Waals surface area contributed by atoms with E-state index in [9.17, 15) is 4.79 Å². The van der Waals surface area contributed by atoms with Gasteiger partial charge in [-0.25, -0.2) is 0 Å². The van der Waals surface area contributed by atoms with Crippen molar-refractivity contribution in [2.24, 2.45) is 5.73 Å². The third kappa shape index (κ3) is 4.34. The highest BCUT2D eigenvalue weighted by atomic mass is 79.9. The van der Waals surface area contributed by atoms with Crippen LogP contribution in [0.2, 0.25) is 0 Å². The number of nitrogens with zero attached hydrogens (tertiary/aromatic N) is 2. The molecule has 1 amide bonds. The first kappa shape index (κ1) is 14.0.